The number of hydrogen-bond acceptors (Lipinski definition) is 4. The molecule has 5 heteroatoms. The summed E-state index contributed by atoms with van der Waals surface area (Å²) in [5, 5.41) is 0. The monoisotopic (exact) mass is 156 g/mol. The zero-order valence-corrected chi connectivity index (χ0v) is 6.35. The van der Waals surface area contributed by atoms with Crippen LogP contribution in [0.5, 0.6) is 0 Å². The lowest BCUT2D eigenvalue weighted by Gasteiger charge is -2.04. The van der Waals surface area contributed by atoms with Crippen molar-refractivity contribution >= 4 is 24.0 Å². The number of aromatic nitrogens is 2. The molecule has 0 saturated heterocycles. The fraction of sp³-hybridized carbons (Fsp3) is 0.200. The van der Waals surface area contributed by atoms with Crippen LogP contribution in [0.3, 0.4) is 0 Å². The highest BCUT2D eigenvalue weighted by molar-refractivity contribution is 7.71. The maximum absolute atomic E-state index is 5.50. The Morgan fingerprint density at radius 3 is 2.70 bits per heavy atom. The smallest absolute Gasteiger partial charge is 0.202 e. The first-order valence-corrected chi connectivity index (χ1v) is 3.11. The first-order valence-electron chi connectivity index (χ1n) is 2.70. The van der Waals surface area contributed by atoms with E-state index in [2.05, 4.69) is 4.98 Å². The summed E-state index contributed by atoms with van der Waals surface area (Å²) < 4.78 is 1.99. The lowest BCUT2D eigenvalue weighted by Crippen LogP contribution is -2.08. The molecule has 0 aliphatic carbocycles. The molecule has 0 unspecified atom stereocenters. The van der Waals surface area contributed by atoms with Crippen molar-refractivity contribution in [3.05, 3.63) is 10.7 Å². The lowest BCUT2D eigenvalue weighted by atomic mass is 10.6. The molecule has 0 aliphatic rings. The number of anilines is 2. The van der Waals surface area contributed by atoms with Crippen molar-refractivity contribution in [2.24, 2.45) is 7.05 Å². The molecule has 0 aliphatic heterocycles. The summed E-state index contributed by atoms with van der Waals surface area (Å²) in [6.07, 6.45) is 0. The zero-order chi connectivity index (χ0) is 7.72. The van der Waals surface area contributed by atoms with Gasteiger partial charge in [-0.25, -0.2) is 4.98 Å². The Hall–Kier alpha value is -1.10. The minimum Gasteiger partial charge on any atom is -0.385 e. The van der Waals surface area contributed by atoms with Crippen LogP contribution in [0.1, 0.15) is 0 Å². The Kier molecular flexibility index (Phi) is 1.58. The van der Waals surface area contributed by atoms with Gasteiger partial charge in [-0.1, -0.05) is 12.2 Å². The molecule has 1 rings (SSSR count). The summed E-state index contributed by atoms with van der Waals surface area (Å²) in [5.41, 5.74) is 10.9. The first-order chi connectivity index (χ1) is 4.61. The van der Waals surface area contributed by atoms with Gasteiger partial charge in [0.2, 0.25) is 5.95 Å². The highest BCUT2D eigenvalue weighted by Crippen LogP contribution is 2.04. The second-order valence-corrected chi connectivity index (χ2v) is 2.35. The van der Waals surface area contributed by atoms with E-state index in [1.54, 1.807) is 17.7 Å². The summed E-state index contributed by atoms with van der Waals surface area (Å²) >= 11 is 4.76. The molecular weight excluding hydrogens is 148 g/mol. The third-order valence-electron chi connectivity index (χ3n) is 1.23. The SMILES string of the molecule is Cn1c(N)cc(=S)nc1N. The molecule has 0 fully saturated rings. The van der Waals surface area contributed by atoms with Crippen LogP contribution in [0.4, 0.5) is 11.8 Å². The molecule has 0 aromatic carbocycles. The van der Waals surface area contributed by atoms with Crippen molar-refractivity contribution < 1.29 is 0 Å². The Morgan fingerprint density at radius 1 is 1.60 bits per heavy atom. The predicted octanol–water partition coefficient (Wildman–Crippen LogP) is 0.314. The van der Waals surface area contributed by atoms with Crippen LogP contribution in [0.15, 0.2) is 6.07 Å². The second kappa shape index (κ2) is 2.26. The first kappa shape index (κ1) is 7.01. The summed E-state index contributed by atoms with van der Waals surface area (Å²) in [6.45, 7) is 0. The maximum Gasteiger partial charge on any atom is 0.202 e. The highest BCUT2D eigenvalue weighted by atomic mass is 32.1. The quantitative estimate of drug-likeness (QED) is 0.530. The van der Waals surface area contributed by atoms with E-state index in [1.807, 2.05) is 0 Å². The summed E-state index contributed by atoms with van der Waals surface area (Å²) in [5.74, 6) is 0.863. The van der Waals surface area contributed by atoms with Gasteiger partial charge in [-0.05, 0) is 0 Å². The molecule has 0 atom stereocenters. The second-order valence-electron chi connectivity index (χ2n) is 1.94. The molecule has 4 nitrogen and oxygen atoms in total. The van der Waals surface area contributed by atoms with Crippen LogP contribution in [-0.2, 0) is 7.05 Å². The molecule has 4 N–H and O–H groups in total. The number of nitrogens with zero attached hydrogens (tertiary/aromatic N) is 2. The van der Waals surface area contributed by atoms with Crippen molar-refractivity contribution in [1.29, 1.82) is 0 Å². The largest absolute Gasteiger partial charge is 0.385 e. The van der Waals surface area contributed by atoms with Crippen LogP contribution < -0.4 is 11.5 Å². The van der Waals surface area contributed by atoms with E-state index in [-0.39, 0.29) is 0 Å². The average molecular weight is 156 g/mol. The van der Waals surface area contributed by atoms with Gasteiger partial charge in [-0.2, -0.15) is 0 Å². The molecule has 1 aromatic rings. The van der Waals surface area contributed by atoms with Gasteiger partial charge in [0.05, 0.1) is 0 Å². The van der Waals surface area contributed by atoms with Crippen LogP contribution >= 0.6 is 12.2 Å². The van der Waals surface area contributed by atoms with Crippen LogP contribution in [0.25, 0.3) is 0 Å². The fourth-order valence-electron chi connectivity index (χ4n) is 0.576. The molecule has 1 heterocycles. The van der Waals surface area contributed by atoms with Gasteiger partial charge in [0, 0.05) is 13.1 Å². The van der Waals surface area contributed by atoms with Crippen molar-refractivity contribution in [2.75, 3.05) is 11.5 Å². The third kappa shape index (κ3) is 1.08. The third-order valence-corrected chi connectivity index (χ3v) is 1.44. The number of nitrogens with two attached hydrogens (primary N) is 2. The van der Waals surface area contributed by atoms with E-state index < -0.39 is 0 Å². The molecule has 54 valence electrons. The fourth-order valence-corrected chi connectivity index (χ4v) is 0.790. The normalized spacial score (nSPS) is 9.70. The van der Waals surface area contributed by atoms with Crippen LogP contribution in [0.2, 0.25) is 0 Å². The standard InChI is InChI=1S/C5H8N4S/c1-9-3(6)2-4(10)8-5(9)7/h2H,6H2,1H3,(H2,7,8,10). The number of rotatable bonds is 0. The minimum absolute atomic E-state index is 0.338. The molecule has 10 heavy (non-hydrogen) atoms. The van der Waals surface area contributed by atoms with E-state index in [1.165, 1.54) is 0 Å². The Balaban J connectivity index is 3.46. The molecular formula is C5H8N4S. The van der Waals surface area contributed by atoms with Crippen molar-refractivity contribution in [1.82, 2.24) is 9.55 Å². The zero-order valence-electron chi connectivity index (χ0n) is 5.53. The molecule has 0 spiro atoms. The van der Waals surface area contributed by atoms with Gasteiger partial charge in [-0.15, -0.1) is 0 Å². The summed E-state index contributed by atoms with van der Waals surface area (Å²) in [4.78, 5) is 3.81. The van der Waals surface area contributed by atoms with E-state index >= 15 is 0 Å². The van der Waals surface area contributed by atoms with Gasteiger partial charge in [0.25, 0.3) is 0 Å². The molecule has 0 radical (unpaired) electrons. The topological polar surface area (TPSA) is 69.9 Å². The molecule has 0 amide bonds. The molecule has 1 aromatic heterocycles. The molecule has 0 saturated carbocycles. The van der Waals surface area contributed by atoms with Gasteiger partial charge in [-0.3, -0.25) is 0 Å². The Bertz CT molecular complexity index is 277. The van der Waals surface area contributed by atoms with E-state index in [4.69, 9.17) is 23.7 Å². The van der Waals surface area contributed by atoms with E-state index in [9.17, 15) is 0 Å². The minimum atomic E-state index is 0.338. The Labute approximate surface area is 63.5 Å². The highest BCUT2D eigenvalue weighted by Gasteiger charge is 1.94. The van der Waals surface area contributed by atoms with E-state index in [0.29, 0.717) is 16.4 Å². The van der Waals surface area contributed by atoms with Crippen LogP contribution in [0, 0.1) is 4.64 Å². The van der Waals surface area contributed by atoms with Gasteiger partial charge in [0.1, 0.15) is 10.5 Å². The van der Waals surface area contributed by atoms with Gasteiger partial charge in [0.15, 0.2) is 0 Å². The van der Waals surface area contributed by atoms with Gasteiger partial charge < -0.3 is 16.0 Å². The summed E-state index contributed by atoms with van der Waals surface area (Å²) in [6, 6.07) is 1.59. The van der Waals surface area contributed by atoms with Crippen molar-refractivity contribution in [3.8, 4) is 0 Å². The Morgan fingerprint density at radius 2 is 2.20 bits per heavy atom. The molecule has 0 bridgehead atoms. The summed E-state index contributed by atoms with van der Waals surface area (Å²) in [7, 11) is 1.73. The number of hydrogen-bond donors (Lipinski definition) is 2. The number of nitrogen functional groups attached to an aromatic ring is 2. The van der Waals surface area contributed by atoms with Gasteiger partial charge >= 0.3 is 0 Å². The van der Waals surface area contributed by atoms with E-state index in [0.717, 1.165) is 0 Å². The van der Waals surface area contributed by atoms with Crippen LogP contribution in [-0.4, -0.2) is 9.55 Å². The lowest BCUT2D eigenvalue weighted by molar-refractivity contribution is 0.894. The van der Waals surface area contributed by atoms with Crippen molar-refractivity contribution in [2.45, 2.75) is 0 Å². The maximum atomic E-state index is 5.50. The van der Waals surface area contributed by atoms with Crippen molar-refractivity contribution in [3.63, 3.8) is 0 Å². The average Bonchev–Trinajstić information content (AvgIpc) is 1.82. The predicted molar refractivity (Wildman–Crippen MR) is 42.9 cm³/mol.